The van der Waals surface area contributed by atoms with Gasteiger partial charge in [0.15, 0.2) is 5.96 Å². The van der Waals surface area contributed by atoms with Crippen LogP contribution in [-0.4, -0.2) is 48.6 Å². The molecule has 0 spiro atoms. The molecule has 2 aromatic carbocycles. The lowest BCUT2D eigenvalue weighted by Crippen LogP contribution is -2.35. The molecule has 1 unspecified atom stereocenters. The summed E-state index contributed by atoms with van der Waals surface area (Å²) in [5, 5.41) is 11.0. The molecular weight excluding hydrogens is 442 g/mol. The molecule has 4 N–H and O–H groups in total. The van der Waals surface area contributed by atoms with Crippen molar-refractivity contribution in [2.24, 2.45) is 5.73 Å². The predicted molar refractivity (Wildman–Crippen MR) is 140 cm³/mol. The first-order valence-electron chi connectivity index (χ1n) is 11.9. The van der Waals surface area contributed by atoms with Crippen molar-refractivity contribution in [3.05, 3.63) is 64.7 Å². The van der Waals surface area contributed by atoms with Crippen molar-refractivity contribution in [2.75, 3.05) is 26.7 Å². The number of guanidine groups is 1. The fourth-order valence-electron chi connectivity index (χ4n) is 4.10. The lowest BCUT2D eigenvalue weighted by atomic mass is 10.0. The Morgan fingerprint density at radius 3 is 2.85 bits per heavy atom. The molecule has 1 atom stereocenters. The van der Waals surface area contributed by atoms with Gasteiger partial charge in [0, 0.05) is 31.6 Å². The molecule has 34 heavy (non-hydrogen) atoms. The molecule has 0 bridgehead atoms. The minimum atomic E-state index is -0.190. The molecule has 7 heteroatoms. The van der Waals surface area contributed by atoms with E-state index >= 15 is 0 Å². The van der Waals surface area contributed by atoms with Gasteiger partial charge in [-0.05, 0) is 62.6 Å². The highest BCUT2D eigenvalue weighted by Gasteiger charge is 2.26. The van der Waals surface area contributed by atoms with Crippen LogP contribution in [0.5, 0.6) is 0 Å². The second kappa shape index (κ2) is 12.0. The fourth-order valence-corrected chi connectivity index (χ4v) is 5.13. The summed E-state index contributed by atoms with van der Waals surface area (Å²) in [5.74, 6) is 6.61. The number of para-hydroxylation sites is 1. The number of nitrogens with one attached hydrogen (secondary N) is 2. The number of piperidine rings is 1. The number of nitrogens with zero attached hydrogens (tertiary/aromatic N) is 2. The zero-order valence-corrected chi connectivity index (χ0v) is 20.5. The maximum Gasteiger partial charge on any atom is 0.185 e. The van der Waals surface area contributed by atoms with E-state index < -0.39 is 0 Å². The summed E-state index contributed by atoms with van der Waals surface area (Å²) in [4.78, 5) is 7.29. The average molecular weight is 476 g/mol. The molecule has 0 aliphatic carbocycles. The molecule has 1 aliphatic rings. The van der Waals surface area contributed by atoms with E-state index in [9.17, 15) is 0 Å². The van der Waals surface area contributed by atoms with Crippen LogP contribution in [0.25, 0.3) is 10.2 Å². The van der Waals surface area contributed by atoms with Crippen LogP contribution in [0.1, 0.15) is 54.3 Å². The van der Waals surface area contributed by atoms with Gasteiger partial charge in [-0.1, -0.05) is 36.1 Å². The third-order valence-corrected chi connectivity index (χ3v) is 7.07. The molecule has 6 nitrogen and oxygen atoms in total. The van der Waals surface area contributed by atoms with Gasteiger partial charge in [-0.3, -0.25) is 5.41 Å². The van der Waals surface area contributed by atoms with Crippen molar-refractivity contribution in [3.8, 4) is 11.8 Å². The van der Waals surface area contributed by atoms with E-state index in [0.717, 1.165) is 66.8 Å². The van der Waals surface area contributed by atoms with Crippen LogP contribution >= 0.6 is 11.3 Å². The highest BCUT2D eigenvalue weighted by molar-refractivity contribution is 7.18. The second-order valence-electron chi connectivity index (χ2n) is 8.76. The predicted octanol–water partition coefficient (Wildman–Crippen LogP) is 4.50. The Morgan fingerprint density at radius 2 is 2.06 bits per heavy atom. The Balaban J connectivity index is 1.49. The minimum absolute atomic E-state index is 0.0213. The summed E-state index contributed by atoms with van der Waals surface area (Å²) in [6.07, 6.45) is 4.85. The summed E-state index contributed by atoms with van der Waals surface area (Å²) >= 11 is 1.71. The van der Waals surface area contributed by atoms with Crippen LogP contribution in [0.2, 0.25) is 0 Å². The van der Waals surface area contributed by atoms with Crippen LogP contribution in [0, 0.1) is 17.3 Å². The Kier molecular flexibility index (Phi) is 8.53. The first-order chi connectivity index (χ1) is 16.6. The smallest absolute Gasteiger partial charge is 0.185 e. The topological polar surface area (TPSA) is 87.3 Å². The van der Waals surface area contributed by atoms with E-state index in [4.69, 9.17) is 20.9 Å². The quantitative estimate of drug-likeness (QED) is 0.193. The number of likely N-dealkylation sites (tertiary alicyclic amines) is 1. The van der Waals surface area contributed by atoms with Crippen LogP contribution in [0.4, 0.5) is 0 Å². The van der Waals surface area contributed by atoms with E-state index in [1.165, 1.54) is 4.70 Å². The molecule has 178 valence electrons. The fraction of sp³-hybridized carbons (Fsp3) is 0.407. The lowest BCUT2D eigenvalue weighted by molar-refractivity contribution is -0.0234. The monoisotopic (exact) mass is 475 g/mol. The van der Waals surface area contributed by atoms with Gasteiger partial charge in [0.1, 0.15) is 11.1 Å². The van der Waals surface area contributed by atoms with E-state index in [1.807, 2.05) is 6.07 Å². The number of fused-ring (bicyclic) bond motifs is 1. The minimum Gasteiger partial charge on any atom is -0.370 e. The number of ether oxygens (including phenoxy) is 1. The van der Waals surface area contributed by atoms with Crippen molar-refractivity contribution >= 4 is 27.5 Å². The zero-order chi connectivity index (χ0) is 23.8. The largest absolute Gasteiger partial charge is 0.370 e. The van der Waals surface area contributed by atoms with Gasteiger partial charge in [0.05, 0.1) is 16.3 Å². The van der Waals surface area contributed by atoms with Crippen LogP contribution in [0.3, 0.4) is 0 Å². The summed E-state index contributed by atoms with van der Waals surface area (Å²) in [5.41, 5.74) is 8.43. The van der Waals surface area contributed by atoms with Crippen molar-refractivity contribution in [2.45, 2.75) is 44.3 Å². The van der Waals surface area contributed by atoms with Gasteiger partial charge >= 0.3 is 0 Å². The van der Waals surface area contributed by atoms with Crippen molar-refractivity contribution in [1.82, 2.24) is 15.2 Å². The molecule has 0 radical (unpaired) electrons. The zero-order valence-electron chi connectivity index (χ0n) is 19.7. The lowest BCUT2D eigenvalue weighted by Gasteiger charge is -2.31. The first-order valence-corrected chi connectivity index (χ1v) is 12.8. The van der Waals surface area contributed by atoms with Gasteiger partial charge < -0.3 is 20.7 Å². The number of rotatable bonds is 8. The molecule has 1 aliphatic heterocycles. The highest BCUT2D eigenvalue weighted by Crippen LogP contribution is 2.35. The number of aromatic nitrogens is 1. The number of unbranched alkanes of at least 4 members (excludes halogenated alkanes) is 2. The molecule has 1 aromatic heterocycles. The highest BCUT2D eigenvalue weighted by atomic mass is 32.1. The number of hydrogen-bond acceptors (Lipinski definition) is 5. The summed E-state index contributed by atoms with van der Waals surface area (Å²) < 4.78 is 7.91. The van der Waals surface area contributed by atoms with E-state index in [0.29, 0.717) is 6.54 Å². The number of benzene rings is 2. The number of thiazole rings is 1. The molecule has 3 aromatic rings. The number of hydrogen-bond donors (Lipinski definition) is 3. The van der Waals surface area contributed by atoms with Gasteiger partial charge in [-0.15, -0.1) is 11.3 Å². The van der Waals surface area contributed by atoms with Crippen LogP contribution in [0.15, 0.2) is 48.5 Å². The molecule has 4 rings (SSSR count). The molecular formula is C27H33N5OS. The van der Waals surface area contributed by atoms with E-state index in [-0.39, 0.29) is 18.2 Å². The number of nitrogens with two attached hydrogens (primary N) is 1. The van der Waals surface area contributed by atoms with Gasteiger partial charge in [0.2, 0.25) is 0 Å². The Labute approximate surface area is 206 Å². The molecule has 1 fully saturated rings. The molecule has 1 saturated heterocycles. The third-order valence-electron chi connectivity index (χ3n) is 5.99. The van der Waals surface area contributed by atoms with Crippen LogP contribution < -0.4 is 11.1 Å². The Morgan fingerprint density at radius 1 is 1.24 bits per heavy atom. The summed E-state index contributed by atoms with van der Waals surface area (Å²) in [6.45, 7) is 2.83. The molecule has 0 saturated carbocycles. The second-order valence-corrected chi connectivity index (χ2v) is 9.83. The van der Waals surface area contributed by atoms with E-state index in [2.05, 4.69) is 71.6 Å². The SMILES string of the molecule is CN1CCC(OC(c2cccc(C#CCCCCNC(=N)N)c2)c2nc3ccccc3s2)CC1. The van der Waals surface area contributed by atoms with Gasteiger partial charge in [-0.2, -0.15) is 0 Å². The maximum absolute atomic E-state index is 7.18. The third kappa shape index (κ3) is 6.80. The first kappa shape index (κ1) is 24.2. The maximum atomic E-state index is 7.18. The van der Waals surface area contributed by atoms with Crippen molar-refractivity contribution < 1.29 is 4.74 Å². The average Bonchev–Trinajstić information content (AvgIpc) is 3.27. The Hall–Kier alpha value is -2.92. The standard InChI is InChI=1S/C27H33N5OS/c1-32-17-14-22(15-18-32)33-25(26-31-23-12-5-6-13-24(23)34-26)21-11-8-10-20(19-21)9-4-2-3-7-16-30-27(28)29/h5-6,8,10-13,19,22,25H,2-3,7,14-18H2,1H3,(H4,28,29,30). The summed E-state index contributed by atoms with van der Waals surface area (Å²) in [7, 11) is 2.17. The van der Waals surface area contributed by atoms with Gasteiger partial charge in [-0.25, -0.2) is 4.98 Å². The van der Waals surface area contributed by atoms with Crippen LogP contribution in [-0.2, 0) is 4.74 Å². The van der Waals surface area contributed by atoms with Gasteiger partial charge in [0.25, 0.3) is 0 Å². The molecule has 0 amide bonds. The van der Waals surface area contributed by atoms with E-state index in [1.54, 1.807) is 11.3 Å². The normalized spacial score (nSPS) is 15.6. The van der Waals surface area contributed by atoms with Crippen molar-refractivity contribution in [3.63, 3.8) is 0 Å². The van der Waals surface area contributed by atoms with Crippen molar-refractivity contribution in [1.29, 1.82) is 5.41 Å². The Bertz CT molecular complexity index is 1120. The molecule has 2 heterocycles. The summed E-state index contributed by atoms with van der Waals surface area (Å²) in [6, 6.07) is 16.7.